The number of nitrogens with two attached hydrogens (primary N) is 1. The van der Waals surface area contributed by atoms with Gasteiger partial charge in [-0.15, -0.1) is 0 Å². The number of rotatable bonds is 9. The van der Waals surface area contributed by atoms with Crippen LogP contribution in [0.5, 0.6) is 5.75 Å². The number of nitrogen functional groups attached to an aromatic ring is 1. The van der Waals surface area contributed by atoms with Crippen molar-refractivity contribution in [3.05, 3.63) is 47.4 Å². The van der Waals surface area contributed by atoms with Gasteiger partial charge in [-0.2, -0.15) is 4.98 Å². The average molecular weight is 589 g/mol. The molecule has 0 spiro atoms. The molecular formula is C32H44N8O3. The molecule has 0 radical (unpaired) electrons. The number of carbonyl (C=O) groups is 1. The topological polar surface area (TPSA) is 122 Å². The highest BCUT2D eigenvalue weighted by atomic mass is 16.5. The summed E-state index contributed by atoms with van der Waals surface area (Å²) in [5.74, 6) is 0.875. The van der Waals surface area contributed by atoms with Crippen LogP contribution < -0.4 is 25.6 Å². The number of nitrogens with zero attached hydrogens (tertiary/aromatic N) is 6. The molecule has 2 aliphatic heterocycles. The molecule has 1 unspecified atom stereocenters. The van der Waals surface area contributed by atoms with E-state index < -0.39 is 5.97 Å². The number of aryl methyl sites for hydroxylation is 1. The van der Waals surface area contributed by atoms with Crippen LogP contribution in [0.15, 0.2) is 30.5 Å². The van der Waals surface area contributed by atoms with E-state index in [4.69, 9.17) is 25.2 Å². The highest BCUT2D eigenvalue weighted by Gasteiger charge is 2.39. The fourth-order valence-corrected chi connectivity index (χ4v) is 6.00. The molecule has 1 saturated heterocycles. The van der Waals surface area contributed by atoms with E-state index in [1.54, 1.807) is 7.11 Å². The molecule has 0 amide bonds. The average Bonchev–Trinajstić information content (AvgIpc) is 3.46. The predicted octanol–water partition coefficient (Wildman–Crippen LogP) is 5.04. The normalized spacial score (nSPS) is 17.7. The Bertz CT molecular complexity index is 1510. The van der Waals surface area contributed by atoms with Crippen LogP contribution in [0.3, 0.4) is 0 Å². The van der Waals surface area contributed by atoms with Crippen LogP contribution in [-0.4, -0.2) is 78.8 Å². The van der Waals surface area contributed by atoms with Crippen LogP contribution >= 0.6 is 0 Å². The molecule has 2 aliphatic rings. The lowest BCUT2D eigenvalue weighted by molar-refractivity contribution is 0.0378. The second-order valence-corrected chi connectivity index (χ2v) is 12.6. The third kappa shape index (κ3) is 6.17. The number of esters is 1. The van der Waals surface area contributed by atoms with Crippen LogP contribution in [0, 0.1) is 6.92 Å². The molecule has 230 valence electrons. The van der Waals surface area contributed by atoms with E-state index >= 15 is 0 Å². The number of pyridine rings is 1. The molecule has 0 bridgehead atoms. The first kappa shape index (κ1) is 30.3. The van der Waals surface area contributed by atoms with Crippen molar-refractivity contribution in [1.29, 1.82) is 0 Å². The largest absolute Gasteiger partial charge is 0.494 e. The minimum absolute atomic E-state index is 0.258. The number of carbonyl (C=O) groups excluding carboxylic acids is 1. The zero-order chi connectivity index (χ0) is 31.1. The van der Waals surface area contributed by atoms with Gasteiger partial charge in [0.25, 0.3) is 0 Å². The number of fused-ring (bicyclic) bond motifs is 1. The molecule has 1 fully saturated rings. The van der Waals surface area contributed by atoms with E-state index in [9.17, 15) is 4.79 Å². The van der Waals surface area contributed by atoms with Crippen molar-refractivity contribution < 1.29 is 14.3 Å². The van der Waals surface area contributed by atoms with Crippen molar-refractivity contribution in [3.63, 3.8) is 0 Å². The Hall–Kier alpha value is -4.12. The molecular weight excluding hydrogens is 544 g/mol. The van der Waals surface area contributed by atoms with Crippen molar-refractivity contribution in [2.45, 2.75) is 65.0 Å². The number of aromatic nitrogens is 3. The molecule has 11 nitrogen and oxygen atoms in total. The zero-order valence-electron chi connectivity index (χ0n) is 26.6. The second kappa shape index (κ2) is 11.9. The molecule has 1 atom stereocenters. The van der Waals surface area contributed by atoms with Crippen molar-refractivity contribution in [2.24, 2.45) is 0 Å². The first-order valence-electron chi connectivity index (χ1n) is 14.9. The highest BCUT2D eigenvalue weighted by Crippen LogP contribution is 2.44. The summed E-state index contributed by atoms with van der Waals surface area (Å²) in [6, 6.07) is 8.27. The standard InChI is InChI=1S/C32H44N8O3/c1-19(2)43-30(41)22-16-34-31(37-29(22)40-18-32(4,5)28-25(40)12-11-20(3)35-28)36-24-14-23(33)26(15-27(24)42-8)39(7)17-21-10-9-13-38(21)6/h11-12,14-16,19,21H,9-10,13,17-18,33H2,1-8H3,(H,34,36,37). The molecule has 2 aromatic heterocycles. The summed E-state index contributed by atoms with van der Waals surface area (Å²) in [5, 5.41) is 3.29. The van der Waals surface area contributed by atoms with Gasteiger partial charge in [-0.1, -0.05) is 13.8 Å². The van der Waals surface area contributed by atoms with Gasteiger partial charge >= 0.3 is 5.97 Å². The lowest BCUT2D eigenvalue weighted by Crippen LogP contribution is -2.36. The Morgan fingerprint density at radius 3 is 2.70 bits per heavy atom. The van der Waals surface area contributed by atoms with Crippen molar-refractivity contribution in [3.8, 4) is 5.75 Å². The van der Waals surface area contributed by atoms with Gasteiger partial charge in [-0.25, -0.2) is 9.78 Å². The van der Waals surface area contributed by atoms with Crippen LogP contribution in [0.1, 0.15) is 62.3 Å². The van der Waals surface area contributed by atoms with Crippen LogP contribution in [0.4, 0.5) is 34.5 Å². The summed E-state index contributed by atoms with van der Waals surface area (Å²) in [5.41, 5.74) is 11.5. The van der Waals surface area contributed by atoms with Crippen molar-refractivity contribution in [2.75, 3.05) is 61.7 Å². The van der Waals surface area contributed by atoms with Gasteiger partial charge in [-0.3, -0.25) is 4.98 Å². The lowest BCUT2D eigenvalue weighted by atomic mass is 9.91. The molecule has 5 rings (SSSR count). The van der Waals surface area contributed by atoms with E-state index in [1.807, 2.05) is 49.9 Å². The van der Waals surface area contributed by atoms with Gasteiger partial charge < -0.3 is 35.2 Å². The van der Waals surface area contributed by atoms with E-state index in [-0.39, 0.29) is 17.1 Å². The number of ether oxygens (including phenoxy) is 2. The maximum Gasteiger partial charge on any atom is 0.343 e. The first-order valence-corrected chi connectivity index (χ1v) is 14.9. The summed E-state index contributed by atoms with van der Waals surface area (Å²) >= 11 is 0. The zero-order valence-corrected chi connectivity index (χ0v) is 26.6. The van der Waals surface area contributed by atoms with Gasteiger partial charge in [0.2, 0.25) is 5.95 Å². The number of nitrogens with one attached hydrogen (secondary N) is 1. The highest BCUT2D eigenvalue weighted by molar-refractivity contribution is 5.96. The Labute approximate surface area is 254 Å². The minimum Gasteiger partial charge on any atom is -0.494 e. The maximum absolute atomic E-state index is 13.2. The predicted molar refractivity (Wildman–Crippen MR) is 171 cm³/mol. The monoisotopic (exact) mass is 588 g/mol. The molecule has 3 N–H and O–H groups in total. The van der Waals surface area contributed by atoms with Crippen molar-refractivity contribution in [1.82, 2.24) is 19.9 Å². The Morgan fingerprint density at radius 1 is 1.26 bits per heavy atom. The molecule has 11 heteroatoms. The van der Waals surface area contributed by atoms with Gasteiger partial charge in [-0.05, 0) is 65.4 Å². The summed E-state index contributed by atoms with van der Waals surface area (Å²) in [6.07, 6.45) is 3.61. The quantitative estimate of drug-likeness (QED) is 0.258. The molecule has 3 aromatic rings. The van der Waals surface area contributed by atoms with Gasteiger partial charge in [0.05, 0.1) is 41.7 Å². The van der Waals surface area contributed by atoms with E-state index in [2.05, 4.69) is 48.0 Å². The van der Waals surface area contributed by atoms with Gasteiger partial charge in [0.15, 0.2) is 5.82 Å². The summed E-state index contributed by atoms with van der Waals surface area (Å²) in [7, 11) is 5.85. The smallest absolute Gasteiger partial charge is 0.343 e. The Balaban J connectivity index is 1.50. The number of anilines is 6. The molecule has 1 aromatic carbocycles. The summed E-state index contributed by atoms with van der Waals surface area (Å²) in [4.78, 5) is 34.0. The fraction of sp³-hybridized carbons (Fsp3) is 0.500. The SMILES string of the molecule is COc1cc(N(C)CC2CCCN2C)c(N)cc1Nc1ncc(C(=O)OC(C)C)c(N2CC(C)(C)c3nc(C)ccc32)n1. The molecule has 0 aliphatic carbocycles. The van der Waals surface area contributed by atoms with Crippen LogP contribution in [-0.2, 0) is 10.2 Å². The minimum atomic E-state index is -0.481. The van der Waals surface area contributed by atoms with E-state index in [1.165, 1.54) is 19.0 Å². The Kier molecular flexibility index (Phi) is 8.38. The number of likely N-dealkylation sites (N-methyl/N-ethyl adjacent to an activating group) is 2. The number of hydrogen-bond acceptors (Lipinski definition) is 11. The van der Waals surface area contributed by atoms with Gasteiger partial charge in [0.1, 0.15) is 11.3 Å². The first-order chi connectivity index (χ1) is 20.4. The molecule has 0 saturated carbocycles. The summed E-state index contributed by atoms with van der Waals surface area (Å²) in [6.45, 7) is 12.5. The number of likely N-dealkylation sites (tertiary alicyclic amines) is 1. The fourth-order valence-electron chi connectivity index (χ4n) is 6.00. The third-order valence-corrected chi connectivity index (χ3v) is 8.25. The second-order valence-electron chi connectivity index (χ2n) is 12.6. The van der Waals surface area contributed by atoms with Crippen LogP contribution in [0.2, 0.25) is 0 Å². The third-order valence-electron chi connectivity index (χ3n) is 8.25. The Morgan fingerprint density at radius 2 is 2.02 bits per heavy atom. The number of hydrogen-bond donors (Lipinski definition) is 2. The summed E-state index contributed by atoms with van der Waals surface area (Å²) < 4.78 is 11.3. The molecule has 43 heavy (non-hydrogen) atoms. The van der Waals surface area contributed by atoms with Gasteiger partial charge in [0, 0.05) is 49.6 Å². The van der Waals surface area contributed by atoms with Crippen molar-refractivity contribution >= 4 is 40.5 Å². The van der Waals surface area contributed by atoms with Crippen LogP contribution in [0.25, 0.3) is 0 Å². The lowest BCUT2D eigenvalue weighted by Gasteiger charge is -2.29. The van der Waals surface area contributed by atoms with E-state index in [0.29, 0.717) is 41.5 Å². The molecule has 4 heterocycles. The van der Waals surface area contributed by atoms with E-state index in [0.717, 1.165) is 35.9 Å². The number of methoxy groups -OCH3 is 1. The maximum atomic E-state index is 13.2. The number of benzene rings is 1.